The summed E-state index contributed by atoms with van der Waals surface area (Å²) in [6.07, 6.45) is 9.82. The number of hydrogen-bond donors (Lipinski definition) is 3. The van der Waals surface area contributed by atoms with Crippen LogP contribution in [0.3, 0.4) is 0 Å². The summed E-state index contributed by atoms with van der Waals surface area (Å²) in [6, 6.07) is 5.92. The van der Waals surface area contributed by atoms with E-state index < -0.39 is 0 Å². The summed E-state index contributed by atoms with van der Waals surface area (Å²) in [6.45, 7) is 1.62. The fourth-order valence-corrected chi connectivity index (χ4v) is 5.19. The van der Waals surface area contributed by atoms with Gasteiger partial charge >= 0.3 is 0 Å². The lowest BCUT2D eigenvalue weighted by atomic mass is 9.84. The highest BCUT2D eigenvalue weighted by Gasteiger charge is 2.27. The molecule has 40 heavy (non-hydrogen) atoms. The lowest BCUT2D eigenvalue weighted by Crippen LogP contribution is -2.35. The van der Waals surface area contributed by atoms with Gasteiger partial charge in [-0.1, -0.05) is 11.6 Å². The molecule has 0 aromatic carbocycles. The minimum Gasteiger partial charge on any atom is -0.379 e. The van der Waals surface area contributed by atoms with Gasteiger partial charge in [0.25, 0.3) is 5.91 Å². The third-order valence-electron chi connectivity index (χ3n) is 7.59. The zero-order valence-electron chi connectivity index (χ0n) is 23.4. The van der Waals surface area contributed by atoms with Crippen molar-refractivity contribution in [1.82, 2.24) is 29.4 Å². The Bertz CT molecular complexity index is 1350. The highest BCUT2D eigenvalue weighted by atomic mass is 35.5. The van der Waals surface area contributed by atoms with Crippen molar-refractivity contribution >= 4 is 46.3 Å². The van der Waals surface area contributed by atoms with Crippen LogP contribution in [0, 0.1) is 5.92 Å². The minimum absolute atomic E-state index is 0.223. The molecule has 3 heterocycles. The van der Waals surface area contributed by atoms with Crippen molar-refractivity contribution in [2.45, 2.75) is 57.0 Å². The van der Waals surface area contributed by atoms with Crippen LogP contribution in [0.5, 0.6) is 0 Å². The van der Waals surface area contributed by atoms with E-state index in [0.717, 1.165) is 57.3 Å². The molecular weight excluding hydrogens is 530 g/mol. The number of nitrogens with zero attached hydrogens (tertiary/aromatic N) is 6. The Morgan fingerprint density at radius 3 is 2.42 bits per heavy atom. The van der Waals surface area contributed by atoms with Crippen LogP contribution in [-0.2, 0) is 4.79 Å². The Labute approximate surface area is 239 Å². The van der Waals surface area contributed by atoms with Crippen LogP contribution in [0.15, 0.2) is 30.6 Å². The van der Waals surface area contributed by atoms with Gasteiger partial charge in [0.05, 0.1) is 11.9 Å². The molecule has 2 aliphatic carbocycles. The largest absolute Gasteiger partial charge is 0.379 e. The van der Waals surface area contributed by atoms with Crippen LogP contribution in [0.1, 0.15) is 55.4 Å². The van der Waals surface area contributed by atoms with Crippen molar-refractivity contribution in [2.75, 3.05) is 50.2 Å². The molecule has 3 aromatic heterocycles. The molecule has 0 atom stereocenters. The molecule has 0 spiro atoms. The number of anilines is 3. The third kappa shape index (κ3) is 7.19. The van der Waals surface area contributed by atoms with E-state index in [1.807, 2.05) is 32.1 Å². The summed E-state index contributed by atoms with van der Waals surface area (Å²) < 4.78 is 1.60. The van der Waals surface area contributed by atoms with Crippen molar-refractivity contribution in [2.24, 2.45) is 5.92 Å². The molecule has 0 aliphatic heterocycles. The van der Waals surface area contributed by atoms with E-state index in [1.54, 1.807) is 29.0 Å². The van der Waals surface area contributed by atoms with Gasteiger partial charge in [-0.05, 0) is 70.7 Å². The van der Waals surface area contributed by atoms with Crippen LogP contribution in [0.2, 0.25) is 5.15 Å². The molecule has 0 radical (unpaired) electrons. The number of fused-ring (bicyclic) bond motifs is 1. The number of carbonyl (C=O) groups excluding carboxylic acids is 2. The van der Waals surface area contributed by atoms with Crippen molar-refractivity contribution in [3.05, 3.63) is 41.4 Å². The Hall–Kier alpha value is -3.44. The molecule has 5 rings (SSSR count). The van der Waals surface area contributed by atoms with E-state index in [9.17, 15) is 9.59 Å². The van der Waals surface area contributed by atoms with Crippen molar-refractivity contribution in [1.29, 1.82) is 0 Å². The average molecular weight is 568 g/mol. The standard InChI is InChI=1S/C28H38ClN9O2/c1-36(2)12-13-37(3)26(39)14-18-4-6-20(7-5-18)33-25-16-22(32-19-8-9-19)27-31-17-23(38(27)35-25)28(40)34-21-10-11-30-24(29)15-21/h10-11,15-20,32H,4-9,12-14H2,1-3H3,(H,33,35)(H,30,34,40). The number of halogens is 1. The average Bonchev–Trinajstić information content (AvgIpc) is 3.63. The molecule has 2 amide bonds. The second kappa shape index (κ2) is 12.4. The Morgan fingerprint density at radius 1 is 1.00 bits per heavy atom. The van der Waals surface area contributed by atoms with Crippen molar-refractivity contribution < 1.29 is 9.59 Å². The van der Waals surface area contributed by atoms with Crippen LogP contribution < -0.4 is 16.0 Å². The normalized spacial score (nSPS) is 19.0. The summed E-state index contributed by atoms with van der Waals surface area (Å²) in [7, 11) is 5.93. The van der Waals surface area contributed by atoms with Gasteiger partial charge in [0.1, 0.15) is 11.0 Å². The second-order valence-corrected chi connectivity index (χ2v) is 11.6. The Kier molecular flexibility index (Phi) is 8.70. The fourth-order valence-electron chi connectivity index (χ4n) is 5.02. The van der Waals surface area contributed by atoms with E-state index in [-0.39, 0.29) is 17.9 Å². The van der Waals surface area contributed by atoms with Gasteiger partial charge in [-0.15, -0.1) is 5.10 Å². The number of hydrogen-bond acceptors (Lipinski definition) is 8. The van der Waals surface area contributed by atoms with Gasteiger partial charge in [-0.25, -0.2) is 14.5 Å². The first-order valence-corrected chi connectivity index (χ1v) is 14.4. The summed E-state index contributed by atoms with van der Waals surface area (Å²) in [4.78, 5) is 38.2. The zero-order chi connectivity index (χ0) is 28.2. The minimum atomic E-state index is -0.336. The predicted molar refractivity (Wildman–Crippen MR) is 157 cm³/mol. The zero-order valence-corrected chi connectivity index (χ0v) is 24.1. The lowest BCUT2D eigenvalue weighted by Gasteiger charge is -2.30. The van der Waals surface area contributed by atoms with E-state index >= 15 is 0 Å². The quantitative estimate of drug-likeness (QED) is 0.298. The molecule has 2 saturated carbocycles. The smallest absolute Gasteiger partial charge is 0.276 e. The molecular formula is C28H38ClN9O2. The fraction of sp³-hybridized carbons (Fsp3) is 0.536. The number of carbonyl (C=O) groups is 2. The highest BCUT2D eigenvalue weighted by Crippen LogP contribution is 2.32. The van der Waals surface area contributed by atoms with Gasteiger partial charge in [0.2, 0.25) is 5.91 Å². The SMILES string of the molecule is CN(C)CCN(C)C(=O)CC1CCC(Nc2cc(NC3CC3)c3ncc(C(=O)Nc4ccnc(Cl)c4)n3n2)CC1. The molecule has 3 aromatic rings. The molecule has 0 bridgehead atoms. The number of rotatable bonds is 11. The number of nitrogens with one attached hydrogen (secondary N) is 3. The van der Waals surface area contributed by atoms with Crippen LogP contribution in [0.4, 0.5) is 17.2 Å². The Morgan fingerprint density at radius 2 is 1.73 bits per heavy atom. The topological polar surface area (TPSA) is 120 Å². The summed E-state index contributed by atoms with van der Waals surface area (Å²) in [5.74, 6) is 0.983. The second-order valence-electron chi connectivity index (χ2n) is 11.2. The van der Waals surface area contributed by atoms with Crippen molar-refractivity contribution in [3.63, 3.8) is 0 Å². The first kappa shape index (κ1) is 28.1. The number of imidazole rings is 1. The van der Waals surface area contributed by atoms with Crippen LogP contribution in [-0.4, -0.2) is 87.5 Å². The first-order chi connectivity index (χ1) is 19.2. The maximum Gasteiger partial charge on any atom is 0.276 e. The maximum atomic E-state index is 13.1. The van der Waals surface area contributed by atoms with E-state index in [1.165, 1.54) is 0 Å². The van der Waals surface area contributed by atoms with Gasteiger partial charge in [-0.3, -0.25) is 9.59 Å². The number of amides is 2. The van der Waals surface area contributed by atoms with Gasteiger partial charge in [0.15, 0.2) is 11.3 Å². The first-order valence-electron chi connectivity index (χ1n) is 14.0. The van der Waals surface area contributed by atoms with Crippen molar-refractivity contribution in [3.8, 4) is 0 Å². The van der Waals surface area contributed by atoms with E-state index in [0.29, 0.717) is 46.4 Å². The summed E-state index contributed by atoms with van der Waals surface area (Å²) in [5, 5.41) is 15.0. The van der Waals surface area contributed by atoms with Crippen LogP contribution in [0.25, 0.3) is 5.65 Å². The monoisotopic (exact) mass is 567 g/mol. The van der Waals surface area contributed by atoms with Gasteiger partial charge in [-0.2, -0.15) is 0 Å². The summed E-state index contributed by atoms with van der Waals surface area (Å²) in [5.41, 5.74) is 2.33. The highest BCUT2D eigenvalue weighted by molar-refractivity contribution is 6.29. The van der Waals surface area contributed by atoms with Gasteiger partial charge in [0, 0.05) is 56.6 Å². The van der Waals surface area contributed by atoms with E-state index in [2.05, 4.69) is 30.8 Å². The molecule has 3 N–H and O–H groups in total. The van der Waals surface area contributed by atoms with E-state index in [4.69, 9.17) is 16.7 Å². The van der Waals surface area contributed by atoms with Crippen LogP contribution >= 0.6 is 11.6 Å². The number of pyridine rings is 1. The molecule has 2 fully saturated rings. The lowest BCUT2D eigenvalue weighted by molar-refractivity contribution is -0.131. The molecule has 0 unspecified atom stereocenters. The Balaban J connectivity index is 1.25. The molecule has 214 valence electrons. The summed E-state index contributed by atoms with van der Waals surface area (Å²) >= 11 is 5.98. The molecule has 12 heteroatoms. The predicted octanol–water partition coefficient (Wildman–Crippen LogP) is 3.99. The number of aromatic nitrogens is 4. The third-order valence-corrected chi connectivity index (χ3v) is 7.80. The van der Waals surface area contributed by atoms with Gasteiger partial charge < -0.3 is 25.8 Å². The molecule has 0 saturated heterocycles. The molecule has 2 aliphatic rings. The number of likely N-dealkylation sites (N-methyl/N-ethyl adjacent to an activating group) is 2. The maximum absolute atomic E-state index is 13.1. The molecule has 11 nitrogen and oxygen atoms in total.